The van der Waals surface area contributed by atoms with Crippen molar-refractivity contribution in [2.75, 3.05) is 13.2 Å². The van der Waals surface area contributed by atoms with E-state index in [0.29, 0.717) is 0 Å². The lowest BCUT2D eigenvalue weighted by molar-refractivity contribution is 0.187. The van der Waals surface area contributed by atoms with Crippen molar-refractivity contribution < 1.29 is 9.90 Å². The summed E-state index contributed by atoms with van der Waals surface area (Å²) in [5.41, 5.74) is 3.77. The Morgan fingerprint density at radius 1 is 1.45 bits per heavy atom. The molecule has 0 spiro atoms. The van der Waals surface area contributed by atoms with Crippen LogP contribution in [-0.2, 0) is 0 Å². The van der Waals surface area contributed by atoms with Crippen molar-refractivity contribution in [3.05, 3.63) is 34.9 Å². The van der Waals surface area contributed by atoms with E-state index < -0.39 is 0 Å². The van der Waals surface area contributed by atoms with Crippen molar-refractivity contribution in [1.82, 2.24) is 10.2 Å². The largest absolute Gasteiger partial charge is 0.396 e. The van der Waals surface area contributed by atoms with Crippen molar-refractivity contribution in [2.45, 2.75) is 58.5 Å². The van der Waals surface area contributed by atoms with Crippen LogP contribution in [0.5, 0.6) is 0 Å². The third-order valence-electron chi connectivity index (χ3n) is 4.47. The highest BCUT2D eigenvalue weighted by atomic mass is 16.3. The number of urea groups is 1. The van der Waals surface area contributed by atoms with Crippen LogP contribution in [0.1, 0.15) is 55.3 Å². The molecular weight excluding hydrogens is 276 g/mol. The minimum absolute atomic E-state index is 0.0221. The van der Waals surface area contributed by atoms with Gasteiger partial charge in [-0.15, -0.1) is 0 Å². The first-order chi connectivity index (χ1) is 10.5. The van der Waals surface area contributed by atoms with Crippen LogP contribution in [0.3, 0.4) is 0 Å². The van der Waals surface area contributed by atoms with Gasteiger partial charge in [0.15, 0.2) is 0 Å². The van der Waals surface area contributed by atoms with Crippen LogP contribution in [0.4, 0.5) is 4.79 Å². The van der Waals surface area contributed by atoms with Gasteiger partial charge in [-0.25, -0.2) is 4.79 Å². The Balaban J connectivity index is 2.07. The van der Waals surface area contributed by atoms with Crippen molar-refractivity contribution in [2.24, 2.45) is 0 Å². The number of hydrogen-bond donors (Lipinski definition) is 2. The second kappa shape index (κ2) is 7.63. The average Bonchev–Trinajstić information content (AvgIpc) is 2.97. The number of nitrogens with one attached hydrogen (secondary N) is 1. The van der Waals surface area contributed by atoms with Crippen LogP contribution in [0, 0.1) is 13.8 Å². The predicted octanol–water partition coefficient (Wildman–Crippen LogP) is 3.31. The monoisotopic (exact) mass is 304 g/mol. The molecule has 1 aliphatic rings. The van der Waals surface area contributed by atoms with Crippen LogP contribution in [-0.4, -0.2) is 35.2 Å². The Hall–Kier alpha value is -1.55. The third-order valence-corrected chi connectivity index (χ3v) is 4.47. The van der Waals surface area contributed by atoms with Crippen molar-refractivity contribution in [1.29, 1.82) is 0 Å². The second-order valence-electron chi connectivity index (χ2n) is 6.43. The first kappa shape index (κ1) is 16.8. The minimum Gasteiger partial charge on any atom is -0.396 e. The van der Waals surface area contributed by atoms with Crippen LogP contribution in [0.2, 0.25) is 0 Å². The summed E-state index contributed by atoms with van der Waals surface area (Å²) in [5.74, 6) is 0. The van der Waals surface area contributed by atoms with Crippen LogP contribution in [0.15, 0.2) is 18.2 Å². The molecule has 122 valence electrons. The molecule has 1 saturated heterocycles. The van der Waals surface area contributed by atoms with Gasteiger partial charge in [0.05, 0.1) is 6.04 Å². The lowest BCUT2D eigenvalue weighted by atomic mass is 9.97. The molecule has 1 aliphatic heterocycles. The number of rotatable bonds is 5. The molecule has 4 heteroatoms. The quantitative estimate of drug-likeness (QED) is 0.877. The summed E-state index contributed by atoms with van der Waals surface area (Å²) in [5, 5.41) is 12.0. The molecule has 22 heavy (non-hydrogen) atoms. The van der Waals surface area contributed by atoms with Gasteiger partial charge < -0.3 is 15.3 Å². The summed E-state index contributed by atoms with van der Waals surface area (Å²) >= 11 is 0. The lowest BCUT2D eigenvalue weighted by Crippen LogP contribution is -2.43. The van der Waals surface area contributed by atoms with E-state index in [1.165, 1.54) is 16.7 Å². The smallest absolute Gasteiger partial charge is 0.318 e. The van der Waals surface area contributed by atoms with E-state index in [9.17, 15) is 4.79 Å². The summed E-state index contributed by atoms with van der Waals surface area (Å²) < 4.78 is 0. The Bertz CT molecular complexity index is 516. The number of likely N-dealkylation sites (tertiary alicyclic amines) is 1. The zero-order chi connectivity index (χ0) is 16.1. The van der Waals surface area contributed by atoms with Crippen LogP contribution < -0.4 is 5.32 Å². The van der Waals surface area contributed by atoms with E-state index in [0.717, 1.165) is 32.2 Å². The molecule has 1 fully saturated rings. The molecule has 4 nitrogen and oxygen atoms in total. The molecule has 1 aromatic rings. The fraction of sp³-hybridized carbons (Fsp3) is 0.611. The molecule has 2 atom stereocenters. The summed E-state index contributed by atoms with van der Waals surface area (Å²) in [4.78, 5) is 14.5. The lowest BCUT2D eigenvalue weighted by Gasteiger charge is -2.28. The average molecular weight is 304 g/mol. The number of carbonyl (C=O) groups is 1. The van der Waals surface area contributed by atoms with Crippen molar-refractivity contribution >= 4 is 6.03 Å². The molecule has 0 radical (unpaired) electrons. The number of aryl methyl sites for hydroxylation is 2. The highest BCUT2D eigenvalue weighted by Gasteiger charge is 2.31. The van der Waals surface area contributed by atoms with Gasteiger partial charge in [-0.05, 0) is 57.6 Å². The number of hydrogen-bond acceptors (Lipinski definition) is 2. The van der Waals surface area contributed by atoms with E-state index >= 15 is 0 Å². The molecule has 2 unspecified atom stereocenters. The fourth-order valence-electron chi connectivity index (χ4n) is 3.22. The third kappa shape index (κ3) is 4.01. The van der Waals surface area contributed by atoms with E-state index in [1.807, 2.05) is 11.8 Å². The standard InChI is InChI=1S/C18H28N2O2/c1-13-8-9-14(2)16(12-13)17-7-4-10-20(17)18(22)19-15(3)6-5-11-21/h8-9,12,15,17,21H,4-7,10-11H2,1-3H3,(H,19,22). The maximum atomic E-state index is 12.6. The van der Waals surface area contributed by atoms with Gasteiger partial charge in [0.2, 0.25) is 0 Å². The molecule has 0 aliphatic carbocycles. The Labute approximate surface area is 133 Å². The molecule has 0 saturated carbocycles. The predicted molar refractivity (Wildman–Crippen MR) is 88.9 cm³/mol. The molecule has 2 rings (SSSR count). The van der Waals surface area contributed by atoms with Crippen molar-refractivity contribution in [3.8, 4) is 0 Å². The Morgan fingerprint density at radius 2 is 2.23 bits per heavy atom. The van der Waals surface area contributed by atoms with E-state index in [1.54, 1.807) is 0 Å². The van der Waals surface area contributed by atoms with Gasteiger partial charge in [0.25, 0.3) is 0 Å². The van der Waals surface area contributed by atoms with Gasteiger partial charge in [0.1, 0.15) is 0 Å². The zero-order valence-electron chi connectivity index (χ0n) is 13.9. The van der Waals surface area contributed by atoms with Gasteiger partial charge in [-0.3, -0.25) is 0 Å². The molecule has 0 bridgehead atoms. The van der Waals surface area contributed by atoms with Crippen LogP contribution in [0.25, 0.3) is 0 Å². The van der Waals surface area contributed by atoms with E-state index in [2.05, 4.69) is 37.4 Å². The molecule has 0 aromatic heterocycles. The van der Waals surface area contributed by atoms with Gasteiger partial charge in [-0.1, -0.05) is 23.8 Å². The number of nitrogens with zero attached hydrogens (tertiary/aromatic N) is 1. The molecule has 1 heterocycles. The minimum atomic E-state index is 0.0221. The molecule has 2 N–H and O–H groups in total. The van der Waals surface area contributed by atoms with Crippen LogP contribution >= 0.6 is 0 Å². The summed E-state index contributed by atoms with van der Waals surface area (Å²) in [6, 6.07) is 6.78. The maximum Gasteiger partial charge on any atom is 0.318 e. The topological polar surface area (TPSA) is 52.6 Å². The van der Waals surface area contributed by atoms with Gasteiger partial charge >= 0.3 is 6.03 Å². The van der Waals surface area contributed by atoms with E-state index in [4.69, 9.17) is 5.11 Å². The molecule has 1 aromatic carbocycles. The summed E-state index contributed by atoms with van der Waals surface area (Å²) in [7, 11) is 0. The SMILES string of the molecule is Cc1ccc(C)c(C2CCCN2C(=O)NC(C)CCCO)c1. The van der Waals surface area contributed by atoms with E-state index in [-0.39, 0.29) is 24.7 Å². The Kier molecular flexibility index (Phi) is 5.83. The maximum absolute atomic E-state index is 12.6. The number of amides is 2. The first-order valence-electron chi connectivity index (χ1n) is 8.28. The van der Waals surface area contributed by atoms with Crippen molar-refractivity contribution in [3.63, 3.8) is 0 Å². The second-order valence-corrected chi connectivity index (χ2v) is 6.43. The van der Waals surface area contributed by atoms with Gasteiger partial charge in [0, 0.05) is 19.2 Å². The summed E-state index contributed by atoms with van der Waals surface area (Å²) in [6.07, 6.45) is 3.62. The highest BCUT2D eigenvalue weighted by Crippen LogP contribution is 2.34. The normalized spacial score (nSPS) is 19.3. The number of aliphatic hydroxyl groups excluding tert-OH is 1. The molecule has 2 amide bonds. The number of carbonyl (C=O) groups excluding carboxylic acids is 1. The zero-order valence-corrected chi connectivity index (χ0v) is 13.9. The first-order valence-corrected chi connectivity index (χ1v) is 8.28. The summed E-state index contributed by atoms with van der Waals surface area (Å²) in [6.45, 7) is 7.20. The number of aliphatic hydroxyl groups is 1. The highest BCUT2D eigenvalue weighted by molar-refractivity contribution is 5.75. The fourth-order valence-corrected chi connectivity index (χ4v) is 3.22. The Morgan fingerprint density at radius 3 is 2.95 bits per heavy atom. The molecular formula is C18H28N2O2. The number of benzene rings is 1. The van der Waals surface area contributed by atoms with Gasteiger partial charge in [-0.2, -0.15) is 0 Å².